The lowest BCUT2D eigenvalue weighted by Crippen LogP contribution is -2.16. The molecule has 0 unspecified atom stereocenters. The summed E-state index contributed by atoms with van der Waals surface area (Å²) in [5.41, 5.74) is 1.05. The van der Waals surface area contributed by atoms with Gasteiger partial charge in [-0.2, -0.15) is 5.10 Å². The first-order valence-electron chi connectivity index (χ1n) is 9.26. The first-order valence-corrected chi connectivity index (χ1v) is 11.1. The lowest BCUT2D eigenvalue weighted by molar-refractivity contribution is -0.274. The van der Waals surface area contributed by atoms with Crippen molar-refractivity contribution < 1.29 is 26.3 Å². The molecule has 2 N–H and O–H groups in total. The van der Waals surface area contributed by atoms with E-state index in [-0.39, 0.29) is 26.5 Å². The average molecular weight is 495 g/mol. The fraction of sp³-hybridized carbons (Fsp3) is 0.0476. The number of hydrogen-bond donors (Lipinski definition) is 2. The van der Waals surface area contributed by atoms with Gasteiger partial charge in [-0.1, -0.05) is 29.8 Å². The molecule has 33 heavy (non-hydrogen) atoms. The first-order chi connectivity index (χ1) is 15.6. The van der Waals surface area contributed by atoms with Crippen LogP contribution >= 0.6 is 11.6 Å². The summed E-state index contributed by atoms with van der Waals surface area (Å²) < 4.78 is 66.5. The van der Waals surface area contributed by atoms with Gasteiger partial charge in [-0.3, -0.25) is 5.10 Å². The van der Waals surface area contributed by atoms with Gasteiger partial charge in [-0.15, -0.1) is 13.2 Å². The van der Waals surface area contributed by atoms with Crippen molar-refractivity contribution in [2.75, 3.05) is 5.32 Å². The van der Waals surface area contributed by atoms with Crippen LogP contribution in [0.5, 0.6) is 5.75 Å². The second-order valence-electron chi connectivity index (χ2n) is 6.69. The molecule has 0 fully saturated rings. The Morgan fingerprint density at radius 3 is 2.27 bits per heavy atom. The second kappa shape index (κ2) is 8.75. The third-order valence-electron chi connectivity index (χ3n) is 4.36. The van der Waals surface area contributed by atoms with E-state index < -0.39 is 16.2 Å². The maximum absolute atomic E-state index is 12.9. The van der Waals surface area contributed by atoms with Crippen LogP contribution in [-0.2, 0) is 9.84 Å². The number of sulfone groups is 1. The molecule has 0 amide bonds. The molecule has 2 aromatic carbocycles. The zero-order chi connectivity index (χ0) is 23.6. The Labute approximate surface area is 191 Å². The number of aromatic amines is 1. The van der Waals surface area contributed by atoms with E-state index in [2.05, 4.69) is 25.2 Å². The minimum absolute atomic E-state index is 0.0366. The molecule has 0 spiro atoms. The highest BCUT2D eigenvalue weighted by Gasteiger charge is 2.31. The Kier molecular flexibility index (Phi) is 6.00. The largest absolute Gasteiger partial charge is 0.573 e. The van der Waals surface area contributed by atoms with E-state index in [1.807, 2.05) is 0 Å². The number of nitrogens with one attached hydrogen (secondary N) is 2. The van der Waals surface area contributed by atoms with E-state index >= 15 is 0 Å². The zero-order valence-corrected chi connectivity index (χ0v) is 18.0. The summed E-state index contributed by atoms with van der Waals surface area (Å²) in [6.07, 6.45) is -4.77. The molecule has 12 heteroatoms. The maximum Gasteiger partial charge on any atom is 0.573 e. The predicted octanol–water partition coefficient (Wildman–Crippen LogP) is 5.60. The van der Waals surface area contributed by atoms with Crippen LogP contribution in [-0.4, -0.2) is 30.0 Å². The van der Waals surface area contributed by atoms with Gasteiger partial charge in [-0.25, -0.2) is 13.4 Å². The molecule has 4 rings (SSSR count). The summed E-state index contributed by atoms with van der Waals surface area (Å²) in [5, 5.41) is 9.64. The third kappa shape index (κ3) is 5.44. The SMILES string of the molecule is O=S(=O)(c1ccccc1)c1cc(Cl)nc(Nc2cc(-c3ccc(OC(F)(F)F)cc3)[nH]n2)c1. The molecule has 4 aromatic rings. The Bertz CT molecular complexity index is 1380. The Hall–Kier alpha value is -3.57. The van der Waals surface area contributed by atoms with Gasteiger partial charge in [0.25, 0.3) is 0 Å². The van der Waals surface area contributed by atoms with Crippen LogP contribution in [0.25, 0.3) is 11.3 Å². The fourth-order valence-electron chi connectivity index (χ4n) is 2.93. The van der Waals surface area contributed by atoms with E-state index in [0.717, 1.165) is 0 Å². The number of nitrogens with zero attached hydrogens (tertiary/aromatic N) is 2. The van der Waals surface area contributed by atoms with Gasteiger partial charge < -0.3 is 10.1 Å². The number of aromatic nitrogens is 3. The first kappa shape index (κ1) is 22.6. The Morgan fingerprint density at radius 1 is 0.909 bits per heavy atom. The van der Waals surface area contributed by atoms with Crippen LogP contribution < -0.4 is 10.1 Å². The van der Waals surface area contributed by atoms with Gasteiger partial charge in [0.05, 0.1) is 15.5 Å². The summed E-state index contributed by atoms with van der Waals surface area (Å²) in [6.45, 7) is 0. The van der Waals surface area contributed by atoms with Gasteiger partial charge in [0, 0.05) is 6.07 Å². The van der Waals surface area contributed by atoms with Crippen molar-refractivity contribution in [3.05, 3.63) is 77.9 Å². The van der Waals surface area contributed by atoms with E-state index in [1.54, 1.807) is 24.3 Å². The number of ether oxygens (including phenoxy) is 1. The number of halogens is 4. The van der Waals surface area contributed by atoms with Crippen LogP contribution in [0.4, 0.5) is 24.8 Å². The van der Waals surface area contributed by atoms with E-state index in [1.165, 1.54) is 48.5 Å². The van der Waals surface area contributed by atoms with Crippen molar-refractivity contribution in [3.8, 4) is 17.0 Å². The number of rotatable bonds is 6. The summed E-state index contributed by atoms with van der Waals surface area (Å²) in [4.78, 5) is 4.14. The summed E-state index contributed by atoms with van der Waals surface area (Å²) >= 11 is 6.04. The molecular weight excluding hydrogens is 481 g/mol. The fourth-order valence-corrected chi connectivity index (χ4v) is 4.52. The molecule has 170 valence electrons. The summed E-state index contributed by atoms with van der Waals surface area (Å²) in [7, 11) is -3.82. The van der Waals surface area contributed by atoms with Crippen molar-refractivity contribution >= 4 is 33.1 Å². The number of alkyl halides is 3. The summed E-state index contributed by atoms with van der Waals surface area (Å²) in [6, 6.07) is 17.2. The lowest BCUT2D eigenvalue weighted by atomic mass is 10.1. The highest BCUT2D eigenvalue weighted by atomic mass is 35.5. The van der Waals surface area contributed by atoms with Crippen molar-refractivity contribution in [1.29, 1.82) is 0 Å². The van der Waals surface area contributed by atoms with Gasteiger partial charge in [0.1, 0.15) is 16.7 Å². The van der Waals surface area contributed by atoms with Gasteiger partial charge >= 0.3 is 6.36 Å². The molecule has 0 radical (unpaired) electrons. The third-order valence-corrected chi connectivity index (χ3v) is 6.31. The molecule has 0 aliphatic heterocycles. The van der Waals surface area contributed by atoms with Crippen molar-refractivity contribution in [2.24, 2.45) is 0 Å². The maximum atomic E-state index is 12.9. The van der Waals surface area contributed by atoms with Crippen LogP contribution in [0.1, 0.15) is 0 Å². The molecule has 7 nitrogen and oxygen atoms in total. The molecule has 0 aliphatic carbocycles. The number of H-pyrrole nitrogens is 1. The minimum Gasteiger partial charge on any atom is -0.406 e. The van der Waals surface area contributed by atoms with Crippen molar-refractivity contribution in [1.82, 2.24) is 15.2 Å². The molecule has 0 bridgehead atoms. The van der Waals surface area contributed by atoms with E-state index in [0.29, 0.717) is 17.1 Å². The molecule has 2 heterocycles. The van der Waals surface area contributed by atoms with Crippen LogP contribution in [0.15, 0.2) is 82.6 Å². The smallest absolute Gasteiger partial charge is 0.406 e. The highest BCUT2D eigenvalue weighted by Crippen LogP contribution is 2.29. The standard InChI is InChI=1S/C21H14ClF3N4O3S/c22-18-10-16(33(30,31)15-4-2-1-3-5-15)11-19(26-18)27-20-12-17(28-29-20)13-6-8-14(9-7-13)32-21(23,24)25/h1-12H,(H2,26,27,28,29). The van der Waals surface area contributed by atoms with Gasteiger partial charge in [0.15, 0.2) is 5.82 Å². The van der Waals surface area contributed by atoms with E-state index in [9.17, 15) is 21.6 Å². The summed E-state index contributed by atoms with van der Waals surface area (Å²) in [5.74, 6) is 0.0850. The Morgan fingerprint density at radius 2 is 1.61 bits per heavy atom. The minimum atomic E-state index is -4.77. The van der Waals surface area contributed by atoms with Crippen molar-refractivity contribution in [2.45, 2.75) is 16.2 Å². The monoisotopic (exact) mass is 494 g/mol. The Balaban J connectivity index is 1.55. The average Bonchev–Trinajstić information content (AvgIpc) is 3.22. The molecule has 0 atom stereocenters. The lowest BCUT2D eigenvalue weighted by Gasteiger charge is -2.08. The number of anilines is 2. The molecule has 0 saturated carbocycles. The van der Waals surface area contributed by atoms with Crippen LogP contribution in [0.3, 0.4) is 0 Å². The van der Waals surface area contributed by atoms with Crippen LogP contribution in [0, 0.1) is 0 Å². The molecule has 0 aliphatic rings. The normalized spacial score (nSPS) is 11.9. The van der Waals surface area contributed by atoms with Crippen molar-refractivity contribution in [3.63, 3.8) is 0 Å². The molecule has 0 saturated heterocycles. The van der Waals surface area contributed by atoms with E-state index in [4.69, 9.17) is 11.6 Å². The quantitative estimate of drug-likeness (QED) is 0.339. The zero-order valence-electron chi connectivity index (χ0n) is 16.5. The van der Waals surface area contributed by atoms with Gasteiger partial charge in [0.2, 0.25) is 9.84 Å². The molecule has 2 aromatic heterocycles. The number of hydrogen-bond acceptors (Lipinski definition) is 6. The number of benzene rings is 2. The predicted molar refractivity (Wildman–Crippen MR) is 115 cm³/mol. The van der Waals surface area contributed by atoms with Crippen LogP contribution in [0.2, 0.25) is 5.15 Å². The van der Waals surface area contributed by atoms with Gasteiger partial charge in [-0.05, 0) is 54.1 Å². The second-order valence-corrected chi connectivity index (χ2v) is 9.03. The number of pyridine rings is 1. The highest BCUT2D eigenvalue weighted by molar-refractivity contribution is 7.91. The molecular formula is C21H14ClF3N4O3S. The topological polar surface area (TPSA) is 97.0 Å².